The Kier molecular flexibility index (Phi) is 4.91. The molecule has 3 nitrogen and oxygen atoms in total. The number of rotatable bonds is 4. The van der Waals surface area contributed by atoms with E-state index >= 15 is 0 Å². The molecule has 4 heteroatoms. The molecule has 0 spiro atoms. The zero-order valence-electron chi connectivity index (χ0n) is 11.7. The Hall–Kier alpha value is -0.970. The molecule has 0 aliphatic carbocycles. The maximum atomic E-state index is 13.4. The van der Waals surface area contributed by atoms with Crippen LogP contribution in [0.1, 0.15) is 24.5 Å². The van der Waals surface area contributed by atoms with Crippen LogP contribution in [0.5, 0.6) is 0 Å². The van der Waals surface area contributed by atoms with Gasteiger partial charge in [0.15, 0.2) is 0 Å². The molecule has 0 aromatic heterocycles. The molecule has 106 valence electrons. The van der Waals surface area contributed by atoms with Crippen molar-refractivity contribution in [3.8, 4) is 0 Å². The van der Waals surface area contributed by atoms with Gasteiger partial charge in [0.1, 0.15) is 5.82 Å². The third-order valence-electron chi connectivity index (χ3n) is 4.01. The Labute approximate surface area is 114 Å². The largest absolute Gasteiger partial charge is 0.380 e. The van der Waals surface area contributed by atoms with Crippen molar-refractivity contribution in [2.75, 3.05) is 20.2 Å². The van der Waals surface area contributed by atoms with Gasteiger partial charge in [0.05, 0.1) is 6.10 Å². The molecule has 0 radical (unpaired) electrons. The quantitative estimate of drug-likeness (QED) is 0.907. The number of methoxy groups -OCH3 is 1. The van der Waals surface area contributed by atoms with Gasteiger partial charge in [0, 0.05) is 32.3 Å². The molecular formula is C15H23FN2O. The lowest BCUT2D eigenvalue weighted by molar-refractivity contribution is -0.00745. The van der Waals surface area contributed by atoms with Crippen LogP contribution in [0, 0.1) is 11.7 Å². The fourth-order valence-electron chi connectivity index (χ4n) is 2.69. The standard InChI is InChI=1S/C15H23FN2O/c1-11-5-6-18(10-15(11)19-2)9-12-3-4-14(16)13(7-12)8-17/h3-4,7,11,15H,5-6,8-10,17H2,1-2H3. The highest BCUT2D eigenvalue weighted by molar-refractivity contribution is 5.25. The number of benzene rings is 1. The van der Waals surface area contributed by atoms with Gasteiger partial charge in [-0.3, -0.25) is 4.90 Å². The molecule has 2 rings (SSSR count). The van der Waals surface area contributed by atoms with E-state index in [9.17, 15) is 4.39 Å². The summed E-state index contributed by atoms with van der Waals surface area (Å²) in [6, 6.07) is 5.22. The van der Waals surface area contributed by atoms with Crippen molar-refractivity contribution < 1.29 is 9.13 Å². The van der Waals surface area contributed by atoms with Crippen LogP contribution in [0.15, 0.2) is 18.2 Å². The highest BCUT2D eigenvalue weighted by atomic mass is 19.1. The lowest BCUT2D eigenvalue weighted by Crippen LogP contribution is -2.43. The summed E-state index contributed by atoms with van der Waals surface area (Å²) in [6.07, 6.45) is 1.44. The topological polar surface area (TPSA) is 38.5 Å². The number of ether oxygens (including phenoxy) is 1. The van der Waals surface area contributed by atoms with Crippen molar-refractivity contribution in [2.24, 2.45) is 11.7 Å². The van der Waals surface area contributed by atoms with E-state index in [1.54, 1.807) is 7.11 Å². The van der Waals surface area contributed by atoms with Crippen LogP contribution in [-0.2, 0) is 17.8 Å². The molecule has 0 bridgehead atoms. The van der Waals surface area contributed by atoms with Crippen LogP contribution in [0.25, 0.3) is 0 Å². The Balaban J connectivity index is 2.01. The lowest BCUT2D eigenvalue weighted by atomic mass is 9.95. The molecule has 2 N–H and O–H groups in total. The van der Waals surface area contributed by atoms with Crippen molar-refractivity contribution in [3.05, 3.63) is 35.1 Å². The van der Waals surface area contributed by atoms with Crippen molar-refractivity contribution in [2.45, 2.75) is 32.5 Å². The van der Waals surface area contributed by atoms with E-state index in [1.165, 1.54) is 6.07 Å². The van der Waals surface area contributed by atoms with Crippen LogP contribution < -0.4 is 5.73 Å². The number of nitrogens with two attached hydrogens (primary N) is 1. The maximum Gasteiger partial charge on any atom is 0.127 e. The number of nitrogens with zero attached hydrogens (tertiary/aromatic N) is 1. The summed E-state index contributed by atoms with van der Waals surface area (Å²) in [5.74, 6) is 0.391. The third-order valence-corrected chi connectivity index (χ3v) is 4.01. The summed E-state index contributed by atoms with van der Waals surface area (Å²) in [7, 11) is 1.77. The van der Waals surface area contributed by atoms with E-state index in [-0.39, 0.29) is 12.4 Å². The van der Waals surface area contributed by atoms with E-state index in [2.05, 4.69) is 11.8 Å². The molecule has 19 heavy (non-hydrogen) atoms. The minimum atomic E-state index is -0.215. The van der Waals surface area contributed by atoms with E-state index in [4.69, 9.17) is 10.5 Å². The average molecular weight is 266 g/mol. The summed E-state index contributed by atoms with van der Waals surface area (Å²) in [4.78, 5) is 2.36. The zero-order valence-corrected chi connectivity index (χ0v) is 11.7. The highest BCUT2D eigenvalue weighted by Gasteiger charge is 2.25. The predicted octanol–water partition coefficient (Wildman–Crippen LogP) is 2.14. The molecule has 1 heterocycles. The first-order valence-electron chi connectivity index (χ1n) is 6.86. The monoisotopic (exact) mass is 266 g/mol. The lowest BCUT2D eigenvalue weighted by Gasteiger charge is -2.36. The van der Waals surface area contributed by atoms with Crippen molar-refractivity contribution in [1.82, 2.24) is 4.90 Å². The summed E-state index contributed by atoms with van der Waals surface area (Å²) < 4.78 is 18.9. The average Bonchev–Trinajstić information content (AvgIpc) is 2.43. The van der Waals surface area contributed by atoms with Gasteiger partial charge >= 0.3 is 0 Å². The number of hydrogen-bond acceptors (Lipinski definition) is 3. The van der Waals surface area contributed by atoms with E-state index in [0.717, 1.165) is 31.6 Å². The molecule has 1 aromatic rings. The van der Waals surface area contributed by atoms with Gasteiger partial charge in [-0.2, -0.15) is 0 Å². The van der Waals surface area contributed by atoms with Crippen LogP contribution in [0.2, 0.25) is 0 Å². The van der Waals surface area contributed by atoms with Crippen molar-refractivity contribution >= 4 is 0 Å². The number of piperidine rings is 1. The van der Waals surface area contributed by atoms with Gasteiger partial charge in [-0.15, -0.1) is 0 Å². The molecular weight excluding hydrogens is 243 g/mol. The summed E-state index contributed by atoms with van der Waals surface area (Å²) in [6.45, 7) is 5.32. The highest BCUT2D eigenvalue weighted by Crippen LogP contribution is 2.21. The molecule has 2 atom stereocenters. The minimum Gasteiger partial charge on any atom is -0.380 e. The normalized spacial score (nSPS) is 24.6. The molecule has 1 aliphatic rings. The first-order chi connectivity index (χ1) is 9.13. The Morgan fingerprint density at radius 3 is 2.95 bits per heavy atom. The molecule has 0 amide bonds. The summed E-state index contributed by atoms with van der Waals surface area (Å²) in [5, 5.41) is 0. The number of hydrogen-bond donors (Lipinski definition) is 1. The van der Waals surface area contributed by atoms with Crippen LogP contribution >= 0.6 is 0 Å². The molecule has 0 saturated carbocycles. The van der Waals surface area contributed by atoms with Crippen molar-refractivity contribution in [3.63, 3.8) is 0 Å². The molecule has 2 unspecified atom stereocenters. The van der Waals surface area contributed by atoms with E-state index in [0.29, 0.717) is 17.6 Å². The second-order valence-electron chi connectivity index (χ2n) is 5.41. The fraction of sp³-hybridized carbons (Fsp3) is 0.600. The Morgan fingerprint density at radius 1 is 1.47 bits per heavy atom. The van der Waals surface area contributed by atoms with Gasteiger partial charge in [0.25, 0.3) is 0 Å². The summed E-state index contributed by atoms with van der Waals surface area (Å²) in [5.41, 5.74) is 7.25. The molecule has 1 aromatic carbocycles. The first-order valence-corrected chi connectivity index (χ1v) is 6.86. The third kappa shape index (κ3) is 3.53. The SMILES string of the molecule is COC1CN(Cc2ccc(F)c(CN)c2)CCC1C. The van der Waals surface area contributed by atoms with Gasteiger partial charge in [-0.1, -0.05) is 19.1 Å². The first kappa shape index (κ1) is 14.4. The Bertz CT molecular complexity index is 425. The molecule has 1 saturated heterocycles. The van der Waals surface area contributed by atoms with Gasteiger partial charge in [-0.25, -0.2) is 4.39 Å². The Morgan fingerprint density at radius 2 is 2.26 bits per heavy atom. The minimum absolute atomic E-state index is 0.215. The smallest absolute Gasteiger partial charge is 0.127 e. The number of halogens is 1. The molecule has 1 fully saturated rings. The van der Waals surface area contributed by atoms with E-state index < -0.39 is 0 Å². The predicted molar refractivity (Wildman–Crippen MR) is 74.1 cm³/mol. The van der Waals surface area contributed by atoms with Crippen LogP contribution in [0.4, 0.5) is 4.39 Å². The second-order valence-corrected chi connectivity index (χ2v) is 5.41. The van der Waals surface area contributed by atoms with Crippen molar-refractivity contribution in [1.29, 1.82) is 0 Å². The zero-order chi connectivity index (χ0) is 13.8. The van der Waals surface area contributed by atoms with Crippen LogP contribution in [0.3, 0.4) is 0 Å². The van der Waals surface area contributed by atoms with Gasteiger partial charge < -0.3 is 10.5 Å². The summed E-state index contributed by atoms with van der Waals surface area (Å²) >= 11 is 0. The van der Waals surface area contributed by atoms with E-state index in [1.807, 2.05) is 12.1 Å². The molecule has 1 aliphatic heterocycles. The van der Waals surface area contributed by atoms with Gasteiger partial charge in [0.2, 0.25) is 0 Å². The second kappa shape index (κ2) is 6.46. The van der Waals surface area contributed by atoms with Crippen LogP contribution in [-0.4, -0.2) is 31.2 Å². The maximum absolute atomic E-state index is 13.4. The number of likely N-dealkylation sites (tertiary alicyclic amines) is 1. The fourth-order valence-corrected chi connectivity index (χ4v) is 2.69. The van der Waals surface area contributed by atoms with Gasteiger partial charge in [-0.05, 0) is 30.5 Å².